The Kier molecular flexibility index (Phi) is 5.35. The fourth-order valence-electron chi connectivity index (χ4n) is 2.10. The Balaban J connectivity index is 1.71. The molecule has 0 atom stereocenters. The van der Waals surface area contributed by atoms with Crippen molar-refractivity contribution in [1.29, 1.82) is 0 Å². The van der Waals surface area contributed by atoms with Crippen molar-refractivity contribution >= 4 is 5.82 Å². The van der Waals surface area contributed by atoms with Gasteiger partial charge >= 0.3 is 0 Å². The second-order valence-electron chi connectivity index (χ2n) is 4.59. The summed E-state index contributed by atoms with van der Waals surface area (Å²) < 4.78 is 10.9. The minimum atomic E-state index is 0.393. The predicted molar refractivity (Wildman–Crippen MR) is 73.7 cm³/mol. The van der Waals surface area contributed by atoms with E-state index in [0.717, 1.165) is 38.3 Å². The van der Waals surface area contributed by atoms with Crippen LogP contribution in [0, 0.1) is 6.92 Å². The molecule has 0 aliphatic carbocycles. The lowest BCUT2D eigenvalue weighted by Gasteiger charge is -2.23. The highest BCUT2D eigenvalue weighted by molar-refractivity contribution is 5.38. The van der Waals surface area contributed by atoms with Gasteiger partial charge < -0.3 is 20.1 Å². The van der Waals surface area contributed by atoms with E-state index in [1.807, 2.05) is 6.92 Å². The van der Waals surface area contributed by atoms with Gasteiger partial charge in [-0.3, -0.25) is 0 Å². The smallest absolute Gasteiger partial charge is 0.218 e. The molecule has 1 saturated heterocycles. The molecular weight excluding hydrogens is 244 g/mol. The monoisotopic (exact) mass is 266 g/mol. The maximum atomic E-state index is 5.81. The van der Waals surface area contributed by atoms with Gasteiger partial charge in [0.2, 0.25) is 5.88 Å². The molecule has 0 bridgehead atoms. The van der Waals surface area contributed by atoms with E-state index in [0.29, 0.717) is 24.4 Å². The van der Waals surface area contributed by atoms with Crippen LogP contribution in [0.25, 0.3) is 0 Å². The van der Waals surface area contributed by atoms with E-state index in [4.69, 9.17) is 9.47 Å². The molecule has 2 heterocycles. The molecule has 1 aliphatic rings. The minimum absolute atomic E-state index is 0.393. The SMILES string of the molecule is COc1cc(NCCOC2CCNCC2)nc(C)n1. The average Bonchev–Trinajstić information content (AvgIpc) is 2.44. The highest BCUT2D eigenvalue weighted by Gasteiger charge is 2.12. The Hall–Kier alpha value is -1.40. The van der Waals surface area contributed by atoms with Crippen molar-refractivity contribution in [1.82, 2.24) is 15.3 Å². The van der Waals surface area contributed by atoms with Gasteiger partial charge in [0.05, 0.1) is 19.8 Å². The first-order valence-electron chi connectivity index (χ1n) is 6.74. The number of hydrogen-bond donors (Lipinski definition) is 2. The highest BCUT2D eigenvalue weighted by Crippen LogP contribution is 2.12. The predicted octanol–water partition coefficient (Wildman–Crippen LogP) is 0.974. The fraction of sp³-hybridized carbons (Fsp3) is 0.692. The normalized spacial score (nSPS) is 16.3. The fourth-order valence-corrected chi connectivity index (χ4v) is 2.10. The first-order chi connectivity index (χ1) is 9.28. The maximum Gasteiger partial charge on any atom is 0.218 e. The summed E-state index contributed by atoms with van der Waals surface area (Å²) in [4.78, 5) is 8.44. The number of ether oxygens (including phenoxy) is 2. The minimum Gasteiger partial charge on any atom is -0.481 e. The van der Waals surface area contributed by atoms with Gasteiger partial charge in [-0.15, -0.1) is 0 Å². The van der Waals surface area contributed by atoms with E-state index in [1.54, 1.807) is 13.2 Å². The van der Waals surface area contributed by atoms with E-state index >= 15 is 0 Å². The van der Waals surface area contributed by atoms with E-state index in [9.17, 15) is 0 Å². The van der Waals surface area contributed by atoms with Crippen molar-refractivity contribution in [2.24, 2.45) is 0 Å². The van der Waals surface area contributed by atoms with Crippen molar-refractivity contribution in [3.05, 3.63) is 11.9 Å². The molecule has 106 valence electrons. The number of aryl methyl sites for hydroxylation is 1. The van der Waals surface area contributed by atoms with Gasteiger partial charge in [-0.25, -0.2) is 4.98 Å². The Labute approximate surface area is 113 Å². The van der Waals surface area contributed by atoms with Crippen LogP contribution in [0.5, 0.6) is 5.88 Å². The van der Waals surface area contributed by atoms with Crippen LogP contribution in [0.2, 0.25) is 0 Å². The summed E-state index contributed by atoms with van der Waals surface area (Å²) in [7, 11) is 1.60. The number of methoxy groups -OCH3 is 1. The zero-order chi connectivity index (χ0) is 13.5. The molecule has 0 spiro atoms. The van der Waals surface area contributed by atoms with Crippen LogP contribution in [0.15, 0.2) is 6.07 Å². The van der Waals surface area contributed by atoms with Gasteiger partial charge in [0.25, 0.3) is 0 Å². The third kappa shape index (κ3) is 4.65. The lowest BCUT2D eigenvalue weighted by molar-refractivity contribution is 0.0394. The molecule has 1 aromatic heterocycles. The number of nitrogens with one attached hydrogen (secondary N) is 2. The summed E-state index contributed by atoms with van der Waals surface area (Å²) in [5.41, 5.74) is 0. The summed E-state index contributed by atoms with van der Waals surface area (Å²) in [5, 5.41) is 6.55. The van der Waals surface area contributed by atoms with E-state index in [2.05, 4.69) is 20.6 Å². The van der Waals surface area contributed by atoms with E-state index in [1.165, 1.54) is 0 Å². The third-order valence-corrected chi connectivity index (χ3v) is 3.07. The molecular formula is C13H22N4O2. The zero-order valence-electron chi connectivity index (χ0n) is 11.6. The Morgan fingerprint density at radius 2 is 2.16 bits per heavy atom. The van der Waals surface area contributed by atoms with Crippen LogP contribution < -0.4 is 15.4 Å². The lowest BCUT2D eigenvalue weighted by atomic mass is 10.1. The summed E-state index contributed by atoms with van der Waals surface area (Å²) in [5.74, 6) is 2.05. The molecule has 1 aromatic rings. The summed E-state index contributed by atoms with van der Waals surface area (Å²) in [6.07, 6.45) is 2.59. The van der Waals surface area contributed by atoms with Crippen molar-refractivity contribution in [2.75, 3.05) is 38.7 Å². The summed E-state index contributed by atoms with van der Waals surface area (Å²) >= 11 is 0. The van der Waals surface area contributed by atoms with Crippen LogP contribution in [0.1, 0.15) is 18.7 Å². The molecule has 1 fully saturated rings. The van der Waals surface area contributed by atoms with Crippen LogP contribution in [0.3, 0.4) is 0 Å². The molecule has 2 rings (SSSR count). The largest absolute Gasteiger partial charge is 0.481 e. The van der Waals surface area contributed by atoms with Gasteiger partial charge in [-0.05, 0) is 32.9 Å². The van der Waals surface area contributed by atoms with Crippen LogP contribution >= 0.6 is 0 Å². The average molecular weight is 266 g/mol. The molecule has 0 aromatic carbocycles. The first-order valence-corrected chi connectivity index (χ1v) is 6.74. The number of aromatic nitrogens is 2. The van der Waals surface area contributed by atoms with Crippen LogP contribution in [0.4, 0.5) is 5.82 Å². The van der Waals surface area contributed by atoms with Crippen molar-refractivity contribution in [3.8, 4) is 5.88 Å². The molecule has 19 heavy (non-hydrogen) atoms. The number of piperidine rings is 1. The van der Waals surface area contributed by atoms with Crippen molar-refractivity contribution < 1.29 is 9.47 Å². The van der Waals surface area contributed by atoms with Gasteiger partial charge in [0.1, 0.15) is 11.6 Å². The van der Waals surface area contributed by atoms with Crippen molar-refractivity contribution in [2.45, 2.75) is 25.9 Å². The summed E-state index contributed by atoms with van der Waals surface area (Å²) in [6, 6.07) is 1.79. The van der Waals surface area contributed by atoms with E-state index < -0.39 is 0 Å². The zero-order valence-corrected chi connectivity index (χ0v) is 11.6. The van der Waals surface area contributed by atoms with E-state index in [-0.39, 0.29) is 0 Å². The molecule has 0 amide bonds. The topological polar surface area (TPSA) is 68.3 Å². The molecule has 6 nitrogen and oxygen atoms in total. The molecule has 1 aliphatic heterocycles. The first kappa shape index (κ1) is 14.0. The molecule has 6 heteroatoms. The number of nitrogens with zero attached hydrogens (tertiary/aromatic N) is 2. The molecule has 0 radical (unpaired) electrons. The number of hydrogen-bond acceptors (Lipinski definition) is 6. The molecule has 0 saturated carbocycles. The Morgan fingerprint density at radius 3 is 2.89 bits per heavy atom. The maximum absolute atomic E-state index is 5.81. The van der Waals surface area contributed by atoms with Crippen LogP contribution in [-0.4, -0.2) is 49.4 Å². The van der Waals surface area contributed by atoms with Gasteiger partial charge in [0, 0.05) is 12.6 Å². The van der Waals surface area contributed by atoms with Crippen molar-refractivity contribution in [3.63, 3.8) is 0 Å². The molecule has 2 N–H and O–H groups in total. The third-order valence-electron chi connectivity index (χ3n) is 3.07. The van der Waals surface area contributed by atoms with Crippen LogP contribution in [-0.2, 0) is 4.74 Å². The Bertz CT molecular complexity index is 394. The highest BCUT2D eigenvalue weighted by atomic mass is 16.5. The Morgan fingerprint density at radius 1 is 1.37 bits per heavy atom. The lowest BCUT2D eigenvalue weighted by Crippen LogP contribution is -2.33. The second kappa shape index (κ2) is 7.25. The quantitative estimate of drug-likeness (QED) is 0.748. The number of rotatable bonds is 6. The number of anilines is 1. The van der Waals surface area contributed by atoms with Gasteiger partial charge in [-0.1, -0.05) is 0 Å². The summed E-state index contributed by atoms with van der Waals surface area (Å²) in [6.45, 7) is 5.39. The van der Waals surface area contributed by atoms with Gasteiger partial charge in [-0.2, -0.15) is 4.98 Å². The van der Waals surface area contributed by atoms with Gasteiger partial charge in [0.15, 0.2) is 0 Å². The molecule has 0 unspecified atom stereocenters. The standard InChI is InChI=1S/C13H22N4O2/c1-10-16-12(9-13(17-10)18-2)15-7-8-19-11-3-5-14-6-4-11/h9,11,14H,3-8H2,1-2H3,(H,15,16,17). The second-order valence-corrected chi connectivity index (χ2v) is 4.59.